The van der Waals surface area contributed by atoms with Crippen molar-refractivity contribution < 1.29 is 9.53 Å². The van der Waals surface area contributed by atoms with Gasteiger partial charge in [0.2, 0.25) is 11.1 Å². The van der Waals surface area contributed by atoms with E-state index in [0.717, 1.165) is 5.75 Å². The molecule has 0 saturated heterocycles. The summed E-state index contributed by atoms with van der Waals surface area (Å²) in [7, 11) is 0. The number of benzene rings is 2. The molecule has 9 heteroatoms. The maximum atomic E-state index is 12.0. The normalized spacial score (nSPS) is 10.5. The number of halogens is 2. The molecular weight excluding hydrogens is 395 g/mol. The van der Waals surface area contributed by atoms with Crippen molar-refractivity contribution in [1.82, 2.24) is 15.2 Å². The van der Waals surface area contributed by atoms with E-state index in [2.05, 4.69) is 20.5 Å². The molecule has 134 valence electrons. The smallest absolute Gasteiger partial charge is 0.234 e. The number of ether oxygens (including phenoxy) is 1. The van der Waals surface area contributed by atoms with Crippen LogP contribution in [0.15, 0.2) is 53.7 Å². The van der Waals surface area contributed by atoms with Gasteiger partial charge in [-0.25, -0.2) is 4.98 Å². The Bertz CT molecular complexity index is 889. The molecule has 2 aromatic carbocycles. The average Bonchev–Trinajstić information content (AvgIpc) is 3.10. The predicted octanol–water partition coefficient (Wildman–Crippen LogP) is 4.42. The number of aromatic nitrogens is 3. The van der Waals surface area contributed by atoms with Gasteiger partial charge in [-0.1, -0.05) is 53.2 Å². The fourth-order valence-corrected chi connectivity index (χ4v) is 2.94. The lowest BCUT2D eigenvalue weighted by molar-refractivity contribution is -0.113. The summed E-state index contributed by atoms with van der Waals surface area (Å²) in [5.41, 5.74) is 0.469. The Morgan fingerprint density at radius 3 is 2.81 bits per heavy atom. The van der Waals surface area contributed by atoms with Crippen LogP contribution >= 0.6 is 35.0 Å². The van der Waals surface area contributed by atoms with E-state index >= 15 is 0 Å². The van der Waals surface area contributed by atoms with E-state index in [9.17, 15) is 4.79 Å². The summed E-state index contributed by atoms with van der Waals surface area (Å²) in [6, 6.07) is 14.3. The molecule has 0 fully saturated rings. The summed E-state index contributed by atoms with van der Waals surface area (Å²) >= 11 is 13.1. The van der Waals surface area contributed by atoms with Crippen LogP contribution in [0.4, 0.5) is 5.69 Å². The summed E-state index contributed by atoms with van der Waals surface area (Å²) in [6.07, 6.45) is 0. The first-order valence-corrected chi connectivity index (χ1v) is 9.31. The van der Waals surface area contributed by atoms with Crippen LogP contribution in [-0.2, 0) is 11.4 Å². The topological polar surface area (TPSA) is 79.9 Å². The van der Waals surface area contributed by atoms with Gasteiger partial charge < -0.3 is 10.1 Å². The molecule has 3 aromatic rings. The van der Waals surface area contributed by atoms with Crippen molar-refractivity contribution in [2.24, 2.45) is 0 Å². The number of nitrogens with zero attached hydrogens (tertiary/aromatic N) is 2. The molecule has 0 aliphatic rings. The molecule has 0 bridgehead atoms. The fourth-order valence-electron chi connectivity index (χ4n) is 1.98. The minimum absolute atomic E-state index is 0.139. The van der Waals surface area contributed by atoms with E-state index in [1.165, 1.54) is 11.8 Å². The van der Waals surface area contributed by atoms with E-state index < -0.39 is 0 Å². The molecule has 0 atom stereocenters. The Morgan fingerprint density at radius 2 is 2.00 bits per heavy atom. The maximum Gasteiger partial charge on any atom is 0.234 e. The van der Waals surface area contributed by atoms with Gasteiger partial charge in [0.05, 0.1) is 16.5 Å². The highest BCUT2D eigenvalue weighted by atomic mass is 35.5. The molecule has 1 aromatic heterocycles. The van der Waals surface area contributed by atoms with Crippen molar-refractivity contribution in [1.29, 1.82) is 0 Å². The Labute approximate surface area is 164 Å². The Hall–Kier alpha value is -2.22. The zero-order chi connectivity index (χ0) is 18.4. The molecule has 26 heavy (non-hydrogen) atoms. The molecule has 6 nitrogen and oxygen atoms in total. The zero-order valence-corrected chi connectivity index (χ0v) is 15.7. The van der Waals surface area contributed by atoms with Crippen LogP contribution in [0, 0.1) is 0 Å². The van der Waals surface area contributed by atoms with Crippen LogP contribution in [0.2, 0.25) is 10.0 Å². The number of anilines is 1. The molecular formula is C17H14Cl2N4O2S. The van der Waals surface area contributed by atoms with Crippen molar-refractivity contribution in [3.8, 4) is 5.75 Å². The number of amides is 1. The number of rotatable bonds is 7. The third kappa shape index (κ3) is 5.39. The van der Waals surface area contributed by atoms with Crippen molar-refractivity contribution in [3.05, 3.63) is 64.4 Å². The number of nitrogens with one attached hydrogen (secondary N) is 2. The standard InChI is InChI=1S/C17H14Cl2N4O2S/c18-11-6-7-13(19)14(8-11)20-16(24)10-26-17-21-15(22-23-17)9-25-12-4-2-1-3-5-12/h1-8H,9-10H2,(H,20,24)(H,21,22,23). The lowest BCUT2D eigenvalue weighted by atomic mass is 10.3. The molecule has 0 spiro atoms. The molecule has 3 rings (SSSR count). The van der Waals surface area contributed by atoms with Crippen LogP contribution in [0.3, 0.4) is 0 Å². The molecule has 0 aliphatic heterocycles. The highest BCUT2D eigenvalue weighted by Gasteiger charge is 2.10. The van der Waals surface area contributed by atoms with E-state index in [4.69, 9.17) is 27.9 Å². The van der Waals surface area contributed by atoms with E-state index in [-0.39, 0.29) is 18.3 Å². The largest absolute Gasteiger partial charge is 0.486 e. The lowest BCUT2D eigenvalue weighted by Crippen LogP contribution is -2.14. The monoisotopic (exact) mass is 408 g/mol. The number of aromatic amines is 1. The van der Waals surface area contributed by atoms with Gasteiger partial charge in [0.25, 0.3) is 0 Å². The Morgan fingerprint density at radius 1 is 1.19 bits per heavy atom. The Balaban J connectivity index is 1.48. The Kier molecular flexibility index (Phi) is 6.38. The highest BCUT2D eigenvalue weighted by Crippen LogP contribution is 2.25. The van der Waals surface area contributed by atoms with Crippen molar-refractivity contribution in [2.75, 3.05) is 11.1 Å². The van der Waals surface area contributed by atoms with Gasteiger partial charge in [-0.15, -0.1) is 5.10 Å². The number of thioether (sulfide) groups is 1. The van der Waals surface area contributed by atoms with E-state index in [0.29, 0.717) is 26.7 Å². The quantitative estimate of drug-likeness (QED) is 0.565. The minimum atomic E-state index is -0.231. The van der Waals surface area contributed by atoms with Gasteiger partial charge in [-0.3, -0.25) is 9.89 Å². The summed E-state index contributed by atoms with van der Waals surface area (Å²) in [5.74, 6) is 1.23. The molecule has 2 N–H and O–H groups in total. The fraction of sp³-hybridized carbons (Fsp3) is 0.118. The summed E-state index contributed by atoms with van der Waals surface area (Å²) in [4.78, 5) is 16.3. The minimum Gasteiger partial charge on any atom is -0.486 e. The number of hydrogen-bond donors (Lipinski definition) is 2. The SMILES string of the molecule is O=C(CSc1n[nH]c(COc2ccccc2)n1)Nc1cc(Cl)ccc1Cl. The number of hydrogen-bond acceptors (Lipinski definition) is 5. The number of H-pyrrole nitrogens is 1. The maximum absolute atomic E-state index is 12.0. The second-order valence-electron chi connectivity index (χ2n) is 5.13. The molecule has 0 aliphatic carbocycles. The summed E-state index contributed by atoms with van der Waals surface area (Å²) in [6.45, 7) is 0.266. The first kappa shape index (κ1) is 18.6. The molecule has 1 heterocycles. The van der Waals surface area contributed by atoms with Crippen molar-refractivity contribution >= 4 is 46.6 Å². The predicted molar refractivity (Wildman–Crippen MR) is 103 cm³/mol. The van der Waals surface area contributed by atoms with E-state index in [1.807, 2.05) is 30.3 Å². The average molecular weight is 409 g/mol. The number of carbonyl (C=O) groups excluding carboxylic acids is 1. The highest BCUT2D eigenvalue weighted by molar-refractivity contribution is 7.99. The van der Waals surface area contributed by atoms with Crippen LogP contribution in [-0.4, -0.2) is 26.8 Å². The summed E-state index contributed by atoms with van der Waals surface area (Å²) < 4.78 is 5.58. The first-order valence-electron chi connectivity index (χ1n) is 7.57. The second-order valence-corrected chi connectivity index (χ2v) is 6.91. The lowest BCUT2D eigenvalue weighted by Gasteiger charge is -2.06. The number of para-hydroxylation sites is 1. The van der Waals surface area contributed by atoms with Crippen LogP contribution < -0.4 is 10.1 Å². The van der Waals surface area contributed by atoms with Gasteiger partial charge in [-0.05, 0) is 30.3 Å². The first-order chi connectivity index (χ1) is 12.6. The van der Waals surface area contributed by atoms with Gasteiger partial charge >= 0.3 is 0 Å². The van der Waals surface area contributed by atoms with Gasteiger partial charge in [-0.2, -0.15) is 0 Å². The van der Waals surface area contributed by atoms with Crippen LogP contribution in [0.1, 0.15) is 5.82 Å². The van der Waals surface area contributed by atoms with Crippen molar-refractivity contribution in [2.45, 2.75) is 11.8 Å². The van der Waals surface area contributed by atoms with Crippen LogP contribution in [0.5, 0.6) is 5.75 Å². The number of carbonyl (C=O) groups is 1. The van der Waals surface area contributed by atoms with Crippen LogP contribution in [0.25, 0.3) is 0 Å². The van der Waals surface area contributed by atoms with Gasteiger partial charge in [0.1, 0.15) is 12.4 Å². The zero-order valence-electron chi connectivity index (χ0n) is 13.4. The third-order valence-corrected chi connectivity index (χ3v) is 4.58. The van der Waals surface area contributed by atoms with Gasteiger partial charge in [0, 0.05) is 5.02 Å². The summed E-state index contributed by atoms with van der Waals surface area (Å²) in [5, 5.41) is 10.9. The molecule has 0 saturated carbocycles. The van der Waals surface area contributed by atoms with E-state index in [1.54, 1.807) is 18.2 Å². The molecule has 0 unspecified atom stereocenters. The van der Waals surface area contributed by atoms with Crippen molar-refractivity contribution in [3.63, 3.8) is 0 Å². The molecule has 0 radical (unpaired) electrons. The van der Waals surface area contributed by atoms with Gasteiger partial charge in [0.15, 0.2) is 5.82 Å². The second kappa shape index (κ2) is 8.93. The third-order valence-electron chi connectivity index (χ3n) is 3.16. The molecule has 1 amide bonds.